The molecule has 2 fully saturated rings. The van der Waals surface area contributed by atoms with Crippen molar-refractivity contribution in [1.82, 2.24) is 25.1 Å². The van der Waals surface area contributed by atoms with Gasteiger partial charge >= 0.3 is 0 Å². The Labute approximate surface area is 220 Å². The van der Waals surface area contributed by atoms with E-state index in [2.05, 4.69) is 20.2 Å². The fourth-order valence-corrected chi connectivity index (χ4v) is 4.74. The summed E-state index contributed by atoms with van der Waals surface area (Å²) in [6.07, 6.45) is 2.90. The third kappa shape index (κ3) is 7.33. The molecule has 3 aromatic rings. The molecule has 9 nitrogen and oxygen atoms in total. The molecule has 2 aliphatic rings. The SMILES string of the molecule is CC(O)CNF.FC(F)c1nc2ccccc2n1-c1cc(N2CCOCC2)nc(NCC2CCCCC2)n1. The van der Waals surface area contributed by atoms with Gasteiger partial charge in [-0.3, -0.25) is 4.57 Å². The number of fused-ring (bicyclic) bond motifs is 1. The lowest BCUT2D eigenvalue weighted by molar-refractivity contribution is 0.122. The van der Waals surface area contributed by atoms with Gasteiger partial charge in [-0.15, -0.1) is 4.48 Å². The van der Waals surface area contributed by atoms with E-state index in [9.17, 15) is 13.3 Å². The zero-order valence-corrected chi connectivity index (χ0v) is 21.6. The molecule has 3 heterocycles. The molecule has 0 spiro atoms. The van der Waals surface area contributed by atoms with E-state index in [0.717, 1.165) is 6.54 Å². The van der Waals surface area contributed by atoms with Crippen molar-refractivity contribution in [3.63, 3.8) is 0 Å². The highest BCUT2D eigenvalue weighted by atomic mass is 19.3. The Morgan fingerprint density at radius 1 is 1.05 bits per heavy atom. The van der Waals surface area contributed by atoms with Crippen molar-refractivity contribution in [3.8, 4) is 5.82 Å². The van der Waals surface area contributed by atoms with Crippen LogP contribution in [-0.4, -0.2) is 70.1 Å². The smallest absolute Gasteiger partial charge is 0.296 e. The van der Waals surface area contributed by atoms with Crippen LogP contribution in [0.4, 0.5) is 25.0 Å². The minimum Gasteiger partial charge on any atom is -0.392 e. The van der Waals surface area contributed by atoms with Crippen molar-refractivity contribution in [3.05, 3.63) is 36.2 Å². The maximum atomic E-state index is 13.9. The Hall–Kier alpha value is -2.96. The van der Waals surface area contributed by atoms with E-state index in [4.69, 9.17) is 14.8 Å². The number of aromatic nitrogens is 4. The number of nitrogens with zero attached hydrogens (tertiary/aromatic N) is 5. The monoisotopic (exact) mass is 535 g/mol. The summed E-state index contributed by atoms with van der Waals surface area (Å²) in [6.45, 7) is 4.93. The number of rotatable bonds is 8. The van der Waals surface area contributed by atoms with Gasteiger partial charge < -0.3 is 20.1 Å². The van der Waals surface area contributed by atoms with E-state index in [-0.39, 0.29) is 12.4 Å². The first-order chi connectivity index (χ1) is 18.5. The average Bonchev–Trinajstić information content (AvgIpc) is 3.33. The summed E-state index contributed by atoms with van der Waals surface area (Å²) in [7, 11) is 0. The molecule has 1 aliphatic heterocycles. The molecular weight excluding hydrogens is 499 g/mol. The Kier molecular flexibility index (Phi) is 10.1. The van der Waals surface area contributed by atoms with Crippen LogP contribution in [0.1, 0.15) is 51.3 Å². The molecule has 2 aromatic heterocycles. The van der Waals surface area contributed by atoms with Gasteiger partial charge in [-0.05, 0) is 37.8 Å². The predicted molar refractivity (Wildman–Crippen MR) is 141 cm³/mol. The van der Waals surface area contributed by atoms with Gasteiger partial charge in [0.05, 0.1) is 36.9 Å². The lowest BCUT2D eigenvalue weighted by atomic mass is 9.89. The minimum absolute atomic E-state index is 0.0139. The van der Waals surface area contributed by atoms with Crippen LogP contribution in [0.5, 0.6) is 0 Å². The van der Waals surface area contributed by atoms with Gasteiger partial charge in [-0.2, -0.15) is 15.5 Å². The summed E-state index contributed by atoms with van der Waals surface area (Å²) in [4.78, 5) is 15.7. The summed E-state index contributed by atoms with van der Waals surface area (Å²) >= 11 is 0. The molecule has 1 saturated carbocycles. The molecule has 1 saturated heterocycles. The number of imidazole rings is 1. The molecule has 1 aromatic carbocycles. The second-order valence-electron chi connectivity index (χ2n) is 9.67. The van der Waals surface area contributed by atoms with Gasteiger partial charge in [-0.25, -0.2) is 13.8 Å². The first-order valence-electron chi connectivity index (χ1n) is 13.2. The third-order valence-corrected chi connectivity index (χ3v) is 6.69. The van der Waals surface area contributed by atoms with Crippen LogP contribution in [0.3, 0.4) is 0 Å². The first-order valence-corrected chi connectivity index (χ1v) is 13.2. The topological polar surface area (TPSA) is 100 Å². The van der Waals surface area contributed by atoms with E-state index in [1.54, 1.807) is 24.3 Å². The molecule has 38 heavy (non-hydrogen) atoms. The minimum atomic E-state index is -2.72. The van der Waals surface area contributed by atoms with E-state index in [1.807, 2.05) is 6.07 Å². The quantitative estimate of drug-likeness (QED) is 0.365. The molecule has 208 valence electrons. The molecule has 0 amide bonds. The van der Waals surface area contributed by atoms with Gasteiger partial charge in [0.1, 0.15) is 11.6 Å². The number of ether oxygens (including phenoxy) is 1. The number of morpholine rings is 1. The third-order valence-electron chi connectivity index (χ3n) is 6.69. The van der Waals surface area contributed by atoms with E-state index in [1.165, 1.54) is 49.1 Å². The fraction of sp³-hybridized carbons (Fsp3) is 0.577. The molecule has 1 atom stereocenters. The highest BCUT2D eigenvalue weighted by molar-refractivity contribution is 5.78. The number of alkyl halides is 2. The van der Waals surface area contributed by atoms with Crippen LogP contribution < -0.4 is 15.8 Å². The standard InChI is InChI=1S/C23H28F2N6O.C3H8FNO/c24-21(25)22-27-17-8-4-5-9-18(17)31(22)20-14-19(30-10-12-32-13-11-30)28-23(29-20)26-15-16-6-2-1-3-7-16;1-3(6)2-5-4/h4-5,8-9,14,16,21H,1-3,6-7,10-13,15H2,(H,26,28,29);3,5-6H,2H2,1H3. The molecular formula is C26H36F3N7O2. The Morgan fingerprint density at radius 2 is 1.76 bits per heavy atom. The largest absolute Gasteiger partial charge is 0.392 e. The van der Waals surface area contributed by atoms with Crippen molar-refractivity contribution in [1.29, 1.82) is 0 Å². The number of aliphatic hydroxyl groups is 1. The number of aliphatic hydroxyl groups excluding tert-OH is 1. The molecule has 5 rings (SSSR count). The van der Waals surface area contributed by atoms with Gasteiger partial charge in [0.15, 0.2) is 5.82 Å². The second-order valence-corrected chi connectivity index (χ2v) is 9.67. The number of benzene rings is 1. The summed E-state index contributed by atoms with van der Waals surface area (Å²) in [6, 6.07) is 8.92. The van der Waals surface area contributed by atoms with Crippen LogP contribution in [0.2, 0.25) is 0 Å². The van der Waals surface area contributed by atoms with Crippen molar-refractivity contribution in [2.75, 3.05) is 49.6 Å². The van der Waals surface area contributed by atoms with Gasteiger partial charge in [-0.1, -0.05) is 31.4 Å². The van der Waals surface area contributed by atoms with Crippen LogP contribution in [0.15, 0.2) is 30.3 Å². The van der Waals surface area contributed by atoms with Gasteiger partial charge in [0.25, 0.3) is 6.43 Å². The Balaban J connectivity index is 0.000000505. The predicted octanol–water partition coefficient (Wildman–Crippen LogP) is 4.42. The molecule has 0 radical (unpaired) electrons. The van der Waals surface area contributed by atoms with Crippen molar-refractivity contribution in [2.24, 2.45) is 5.92 Å². The summed E-state index contributed by atoms with van der Waals surface area (Å²) in [5.74, 6) is 1.86. The molecule has 1 aliphatic carbocycles. The summed E-state index contributed by atoms with van der Waals surface area (Å²) in [5.41, 5.74) is 2.44. The number of halogens is 3. The average molecular weight is 536 g/mol. The maximum Gasteiger partial charge on any atom is 0.296 e. The van der Waals surface area contributed by atoms with Crippen LogP contribution in [-0.2, 0) is 4.74 Å². The van der Waals surface area contributed by atoms with Crippen LogP contribution in [0, 0.1) is 5.92 Å². The maximum absolute atomic E-state index is 13.9. The molecule has 1 unspecified atom stereocenters. The fourth-order valence-electron chi connectivity index (χ4n) is 4.74. The van der Waals surface area contributed by atoms with Gasteiger partial charge in [0.2, 0.25) is 5.95 Å². The highest BCUT2D eigenvalue weighted by Gasteiger charge is 2.23. The van der Waals surface area contributed by atoms with Crippen molar-refractivity contribution >= 4 is 22.8 Å². The van der Waals surface area contributed by atoms with E-state index in [0.29, 0.717) is 60.8 Å². The Bertz CT molecular complexity index is 1150. The first kappa shape index (κ1) is 28.1. The lowest BCUT2D eigenvalue weighted by Gasteiger charge is -2.28. The summed E-state index contributed by atoms with van der Waals surface area (Å²) in [5, 5.41) is 11.6. The van der Waals surface area contributed by atoms with Gasteiger partial charge in [0, 0.05) is 25.7 Å². The highest BCUT2D eigenvalue weighted by Crippen LogP contribution is 2.30. The molecule has 12 heteroatoms. The number of anilines is 2. The normalized spacial score (nSPS) is 17.4. The molecule has 0 bridgehead atoms. The zero-order chi connectivity index (χ0) is 26.9. The second kappa shape index (κ2) is 13.7. The van der Waals surface area contributed by atoms with Crippen molar-refractivity contribution in [2.45, 2.75) is 51.6 Å². The van der Waals surface area contributed by atoms with Crippen LogP contribution in [0.25, 0.3) is 16.9 Å². The number of hydrogen-bond acceptors (Lipinski definition) is 8. The number of para-hydroxylation sites is 2. The van der Waals surface area contributed by atoms with Crippen LogP contribution >= 0.6 is 0 Å². The Morgan fingerprint density at radius 3 is 2.42 bits per heavy atom. The zero-order valence-electron chi connectivity index (χ0n) is 21.6. The van der Waals surface area contributed by atoms with E-state index < -0.39 is 12.5 Å². The van der Waals surface area contributed by atoms with Crippen molar-refractivity contribution < 1.29 is 23.1 Å². The summed E-state index contributed by atoms with van der Waals surface area (Å²) < 4.78 is 45.6. The molecule has 3 N–H and O–H groups in total. The number of hydrogen-bond donors (Lipinski definition) is 3. The van der Waals surface area contributed by atoms with E-state index >= 15 is 0 Å². The lowest BCUT2D eigenvalue weighted by Crippen LogP contribution is -2.37. The number of nitrogens with one attached hydrogen (secondary N) is 2.